The van der Waals surface area contributed by atoms with Crippen LogP contribution in [0.2, 0.25) is 0 Å². The molecular formula is C17H20N4O2. The van der Waals surface area contributed by atoms with Crippen molar-refractivity contribution in [2.45, 2.75) is 13.0 Å². The Bertz CT molecular complexity index is 632. The number of aromatic nitrogens is 1. The fraction of sp³-hybridized carbons (Fsp3) is 0.235. The van der Waals surface area contributed by atoms with E-state index in [1.807, 2.05) is 30.3 Å². The molecule has 0 spiro atoms. The number of benzene rings is 1. The summed E-state index contributed by atoms with van der Waals surface area (Å²) in [4.78, 5) is 29.3. The van der Waals surface area contributed by atoms with Gasteiger partial charge >= 0.3 is 6.03 Å². The molecule has 6 nitrogen and oxygen atoms in total. The monoisotopic (exact) mass is 312 g/mol. The highest BCUT2D eigenvalue weighted by Crippen LogP contribution is 2.04. The molecule has 3 amide bonds. The van der Waals surface area contributed by atoms with Gasteiger partial charge in [0.2, 0.25) is 5.91 Å². The zero-order chi connectivity index (χ0) is 16.5. The fourth-order valence-corrected chi connectivity index (χ4v) is 2.02. The Hall–Kier alpha value is -2.89. The maximum atomic E-state index is 12.0. The maximum absolute atomic E-state index is 12.0. The highest BCUT2D eigenvalue weighted by molar-refractivity contribution is 5.88. The van der Waals surface area contributed by atoms with E-state index in [4.69, 9.17) is 0 Å². The van der Waals surface area contributed by atoms with Crippen molar-refractivity contribution in [3.05, 3.63) is 60.3 Å². The predicted octanol–water partition coefficient (Wildman–Crippen LogP) is 2.25. The number of nitrogens with one attached hydrogen (secondary N) is 2. The summed E-state index contributed by atoms with van der Waals surface area (Å²) in [5.74, 6) is 0.449. The van der Waals surface area contributed by atoms with E-state index in [-0.39, 0.29) is 24.9 Å². The van der Waals surface area contributed by atoms with Crippen molar-refractivity contribution in [3.8, 4) is 0 Å². The third kappa shape index (κ3) is 5.78. The number of anilines is 1. The first-order valence-corrected chi connectivity index (χ1v) is 7.39. The molecule has 0 aliphatic rings. The lowest BCUT2D eigenvalue weighted by atomic mass is 10.2. The van der Waals surface area contributed by atoms with Crippen LogP contribution in [0.25, 0.3) is 0 Å². The Labute approximate surface area is 135 Å². The van der Waals surface area contributed by atoms with Crippen molar-refractivity contribution in [1.29, 1.82) is 0 Å². The SMILES string of the molecule is CN(Cc1ccccc1)C(=O)CCNC(=O)Nc1ccccn1. The number of urea groups is 1. The Balaban J connectivity index is 1.69. The molecule has 0 bridgehead atoms. The van der Waals surface area contributed by atoms with Crippen molar-refractivity contribution in [3.63, 3.8) is 0 Å². The van der Waals surface area contributed by atoms with Crippen LogP contribution >= 0.6 is 0 Å². The van der Waals surface area contributed by atoms with Crippen molar-refractivity contribution < 1.29 is 9.59 Å². The highest BCUT2D eigenvalue weighted by atomic mass is 16.2. The van der Waals surface area contributed by atoms with Gasteiger partial charge in [-0.3, -0.25) is 10.1 Å². The number of amides is 3. The van der Waals surface area contributed by atoms with E-state index in [9.17, 15) is 9.59 Å². The Morgan fingerprint density at radius 1 is 1.09 bits per heavy atom. The zero-order valence-corrected chi connectivity index (χ0v) is 13.0. The van der Waals surface area contributed by atoms with E-state index in [1.165, 1.54) is 0 Å². The minimum absolute atomic E-state index is 0.0213. The van der Waals surface area contributed by atoms with Crippen molar-refractivity contribution in [2.24, 2.45) is 0 Å². The summed E-state index contributed by atoms with van der Waals surface area (Å²) in [6, 6.07) is 14.6. The van der Waals surface area contributed by atoms with Gasteiger partial charge in [0.1, 0.15) is 5.82 Å². The summed E-state index contributed by atoms with van der Waals surface area (Å²) in [7, 11) is 1.75. The topological polar surface area (TPSA) is 74.3 Å². The molecule has 2 rings (SSSR count). The van der Waals surface area contributed by atoms with E-state index in [0.717, 1.165) is 5.56 Å². The molecular weight excluding hydrogens is 292 g/mol. The Morgan fingerprint density at radius 2 is 1.83 bits per heavy atom. The summed E-state index contributed by atoms with van der Waals surface area (Å²) < 4.78 is 0. The van der Waals surface area contributed by atoms with E-state index >= 15 is 0 Å². The first kappa shape index (κ1) is 16.5. The van der Waals surface area contributed by atoms with Crippen molar-refractivity contribution in [1.82, 2.24) is 15.2 Å². The van der Waals surface area contributed by atoms with Crippen LogP contribution in [0, 0.1) is 0 Å². The third-order valence-corrected chi connectivity index (χ3v) is 3.22. The van der Waals surface area contributed by atoms with Crippen molar-refractivity contribution >= 4 is 17.8 Å². The normalized spacial score (nSPS) is 9.96. The molecule has 1 aromatic carbocycles. The van der Waals surface area contributed by atoms with E-state index in [0.29, 0.717) is 12.4 Å². The number of carbonyl (C=O) groups is 2. The van der Waals surface area contributed by atoms with Gasteiger partial charge in [-0.25, -0.2) is 9.78 Å². The van der Waals surface area contributed by atoms with Crippen LogP contribution in [-0.4, -0.2) is 35.4 Å². The molecule has 0 saturated carbocycles. The number of carbonyl (C=O) groups excluding carboxylic acids is 2. The minimum atomic E-state index is -0.373. The van der Waals surface area contributed by atoms with Crippen LogP contribution in [0.5, 0.6) is 0 Å². The molecule has 120 valence electrons. The second-order valence-corrected chi connectivity index (χ2v) is 5.08. The van der Waals surface area contributed by atoms with Gasteiger partial charge in [0.15, 0.2) is 0 Å². The lowest BCUT2D eigenvalue weighted by Crippen LogP contribution is -2.34. The summed E-state index contributed by atoms with van der Waals surface area (Å²) >= 11 is 0. The molecule has 0 unspecified atom stereocenters. The molecule has 0 aliphatic carbocycles. The van der Waals surface area contributed by atoms with Gasteiger partial charge in [0.05, 0.1) is 0 Å². The Morgan fingerprint density at radius 3 is 2.52 bits per heavy atom. The number of hydrogen-bond donors (Lipinski definition) is 2. The third-order valence-electron chi connectivity index (χ3n) is 3.22. The lowest BCUT2D eigenvalue weighted by Gasteiger charge is -2.17. The van der Waals surface area contributed by atoms with Gasteiger partial charge in [-0.2, -0.15) is 0 Å². The van der Waals surface area contributed by atoms with Crippen LogP contribution in [0.15, 0.2) is 54.7 Å². The first-order chi connectivity index (χ1) is 11.1. The molecule has 23 heavy (non-hydrogen) atoms. The number of nitrogens with zero attached hydrogens (tertiary/aromatic N) is 2. The summed E-state index contributed by atoms with van der Waals surface area (Å²) in [6.07, 6.45) is 1.84. The molecule has 2 aromatic rings. The van der Waals surface area contributed by atoms with Gasteiger partial charge in [0, 0.05) is 32.8 Å². The van der Waals surface area contributed by atoms with Gasteiger partial charge in [-0.1, -0.05) is 36.4 Å². The standard InChI is InChI=1S/C17H20N4O2/c1-21(13-14-7-3-2-4-8-14)16(22)10-12-19-17(23)20-15-9-5-6-11-18-15/h2-9,11H,10,12-13H2,1H3,(H2,18,19,20,23). The van der Waals surface area contributed by atoms with Gasteiger partial charge < -0.3 is 10.2 Å². The lowest BCUT2D eigenvalue weighted by molar-refractivity contribution is -0.130. The van der Waals surface area contributed by atoms with Crippen LogP contribution in [0.1, 0.15) is 12.0 Å². The minimum Gasteiger partial charge on any atom is -0.341 e. The first-order valence-electron chi connectivity index (χ1n) is 7.39. The molecule has 1 heterocycles. The summed E-state index contributed by atoms with van der Waals surface area (Å²) in [6.45, 7) is 0.830. The van der Waals surface area contributed by atoms with E-state index in [2.05, 4.69) is 15.6 Å². The average molecular weight is 312 g/mol. The maximum Gasteiger partial charge on any atom is 0.320 e. The highest BCUT2D eigenvalue weighted by Gasteiger charge is 2.10. The number of rotatable bonds is 6. The molecule has 0 aliphatic heterocycles. The number of hydrogen-bond acceptors (Lipinski definition) is 3. The second kappa shape index (κ2) is 8.53. The van der Waals surface area contributed by atoms with Crippen molar-refractivity contribution in [2.75, 3.05) is 18.9 Å². The summed E-state index contributed by atoms with van der Waals surface area (Å²) in [5, 5.41) is 5.24. The molecule has 2 N–H and O–H groups in total. The Kier molecular flexibility index (Phi) is 6.11. The molecule has 0 radical (unpaired) electrons. The molecule has 1 aromatic heterocycles. The van der Waals surface area contributed by atoms with Gasteiger partial charge in [-0.15, -0.1) is 0 Å². The average Bonchev–Trinajstić information content (AvgIpc) is 2.56. The van der Waals surface area contributed by atoms with Crippen LogP contribution in [-0.2, 0) is 11.3 Å². The molecule has 0 fully saturated rings. The molecule has 6 heteroatoms. The number of pyridine rings is 1. The molecule has 0 atom stereocenters. The van der Waals surface area contributed by atoms with Gasteiger partial charge in [-0.05, 0) is 17.7 Å². The smallest absolute Gasteiger partial charge is 0.320 e. The van der Waals surface area contributed by atoms with Crippen LogP contribution in [0.3, 0.4) is 0 Å². The zero-order valence-electron chi connectivity index (χ0n) is 13.0. The fourth-order valence-electron chi connectivity index (χ4n) is 2.02. The van der Waals surface area contributed by atoms with Crippen LogP contribution < -0.4 is 10.6 Å². The van der Waals surface area contributed by atoms with Gasteiger partial charge in [0.25, 0.3) is 0 Å². The van der Waals surface area contributed by atoms with E-state index in [1.54, 1.807) is 36.3 Å². The predicted molar refractivity (Wildman–Crippen MR) is 88.8 cm³/mol. The largest absolute Gasteiger partial charge is 0.341 e. The second-order valence-electron chi connectivity index (χ2n) is 5.08. The van der Waals surface area contributed by atoms with Crippen LogP contribution in [0.4, 0.5) is 10.6 Å². The van der Waals surface area contributed by atoms with E-state index < -0.39 is 0 Å². The summed E-state index contributed by atoms with van der Waals surface area (Å²) in [5.41, 5.74) is 1.07. The molecule has 0 saturated heterocycles. The quantitative estimate of drug-likeness (QED) is 0.859.